The molecule has 1 aromatic carbocycles. The van der Waals surface area contributed by atoms with Crippen molar-refractivity contribution in [3.05, 3.63) is 36.2 Å². The SMILES string of the molecule is C/C(=C\F)c1ccccc1O. The molecular weight excluding hydrogens is 143 g/mol. The van der Waals surface area contributed by atoms with Gasteiger partial charge in [-0.15, -0.1) is 0 Å². The minimum Gasteiger partial charge on any atom is -0.507 e. The van der Waals surface area contributed by atoms with Gasteiger partial charge in [0.25, 0.3) is 0 Å². The molecule has 0 heterocycles. The van der Waals surface area contributed by atoms with Gasteiger partial charge in [-0.25, -0.2) is 4.39 Å². The second-order valence-electron chi connectivity index (χ2n) is 2.31. The first-order valence-electron chi connectivity index (χ1n) is 3.31. The molecular formula is C9H9FO. The van der Waals surface area contributed by atoms with Gasteiger partial charge in [0.05, 0.1) is 6.33 Å². The van der Waals surface area contributed by atoms with Crippen LogP contribution in [0.3, 0.4) is 0 Å². The second-order valence-corrected chi connectivity index (χ2v) is 2.31. The number of aromatic hydroxyl groups is 1. The van der Waals surface area contributed by atoms with Gasteiger partial charge in [-0.05, 0) is 18.6 Å². The average Bonchev–Trinajstić information content (AvgIpc) is 2.04. The Bertz CT molecular complexity index is 279. The third-order valence-electron chi connectivity index (χ3n) is 1.49. The van der Waals surface area contributed by atoms with Crippen LogP contribution >= 0.6 is 0 Å². The lowest BCUT2D eigenvalue weighted by Crippen LogP contribution is -1.78. The van der Waals surface area contributed by atoms with E-state index in [2.05, 4.69) is 0 Å². The van der Waals surface area contributed by atoms with Crippen LogP contribution in [0.2, 0.25) is 0 Å². The van der Waals surface area contributed by atoms with E-state index in [4.69, 9.17) is 0 Å². The van der Waals surface area contributed by atoms with E-state index in [9.17, 15) is 9.50 Å². The lowest BCUT2D eigenvalue weighted by Gasteiger charge is -2.00. The molecule has 0 fully saturated rings. The number of para-hydroxylation sites is 1. The second kappa shape index (κ2) is 3.19. The van der Waals surface area contributed by atoms with Gasteiger partial charge in [0.1, 0.15) is 5.75 Å². The van der Waals surface area contributed by atoms with E-state index in [1.54, 1.807) is 25.1 Å². The lowest BCUT2D eigenvalue weighted by molar-refractivity contribution is 0.473. The van der Waals surface area contributed by atoms with Crippen molar-refractivity contribution >= 4 is 5.57 Å². The molecule has 0 bridgehead atoms. The van der Waals surface area contributed by atoms with E-state index in [0.717, 1.165) is 0 Å². The molecule has 58 valence electrons. The number of allylic oxidation sites excluding steroid dienone is 1. The third kappa shape index (κ3) is 1.58. The van der Waals surface area contributed by atoms with Crippen molar-refractivity contribution in [3.63, 3.8) is 0 Å². The fourth-order valence-electron chi connectivity index (χ4n) is 0.866. The van der Waals surface area contributed by atoms with Crippen molar-refractivity contribution in [1.82, 2.24) is 0 Å². The Hall–Kier alpha value is -1.31. The number of hydrogen-bond acceptors (Lipinski definition) is 1. The molecule has 2 heteroatoms. The van der Waals surface area contributed by atoms with Crippen LogP contribution < -0.4 is 0 Å². The number of rotatable bonds is 1. The predicted molar refractivity (Wildman–Crippen MR) is 42.9 cm³/mol. The Labute approximate surface area is 64.8 Å². The summed E-state index contributed by atoms with van der Waals surface area (Å²) in [5.41, 5.74) is 0.970. The molecule has 1 aromatic rings. The summed E-state index contributed by atoms with van der Waals surface area (Å²) in [5.74, 6) is 0.110. The van der Waals surface area contributed by atoms with Crippen LogP contribution in [0, 0.1) is 0 Å². The summed E-state index contributed by atoms with van der Waals surface area (Å²) in [6.07, 6.45) is 0.481. The highest BCUT2D eigenvalue weighted by Gasteiger charge is 1.99. The normalized spacial score (nSPS) is 11.6. The van der Waals surface area contributed by atoms with Gasteiger partial charge < -0.3 is 5.11 Å². The maximum absolute atomic E-state index is 12.0. The van der Waals surface area contributed by atoms with E-state index in [1.807, 2.05) is 0 Å². The standard InChI is InChI=1S/C9H9FO/c1-7(6-10)8-4-2-3-5-9(8)11/h2-6,11H,1H3/b7-6+. The topological polar surface area (TPSA) is 20.2 Å². The molecule has 0 saturated carbocycles. The molecule has 1 rings (SSSR count). The number of hydrogen-bond donors (Lipinski definition) is 1. The van der Waals surface area contributed by atoms with Crippen LogP contribution in [-0.4, -0.2) is 5.11 Å². The Morgan fingerprint density at radius 2 is 2.09 bits per heavy atom. The zero-order valence-corrected chi connectivity index (χ0v) is 6.21. The van der Waals surface area contributed by atoms with Gasteiger partial charge in [-0.2, -0.15) is 0 Å². The van der Waals surface area contributed by atoms with Gasteiger partial charge >= 0.3 is 0 Å². The molecule has 0 amide bonds. The number of benzene rings is 1. The smallest absolute Gasteiger partial charge is 0.123 e. The van der Waals surface area contributed by atoms with Gasteiger partial charge in [-0.1, -0.05) is 18.2 Å². The van der Waals surface area contributed by atoms with E-state index in [0.29, 0.717) is 17.5 Å². The highest BCUT2D eigenvalue weighted by molar-refractivity contribution is 5.67. The molecule has 1 N–H and O–H groups in total. The molecule has 0 aromatic heterocycles. The highest BCUT2D eigenvalue weighted by Crippen LogP contribution is 2.23. The van der Waals surface area contributed by atoms with Crippen molar-refractivity contribution in [3.8, 4) is 5.75 Å². The summed E-state index contributed by atoms with van der Waals surface area (Å²) in [4.78, 5) is 0. The number of phenols is 1. The maximum Gasteiger partial charge on any atom is 0.123 e. The summed E-state index contributed by atoms with van der Waals surface area (Å²) in [7, 11) is 0. The van der Waals surface area contributed by atoms with Crippen molar-refractivity contribution in [2.45, 2.75) is 6.92 Å². The summed E-state index contributed by atoms with van der Waals surface area (Å²) in [5, 5.41) is 9.20. The number of phenolic OH excluding ortho intramolecular Hbond substituents is 1. The summed E-state index contributed by atoms with van der Waals surface area (Å²) in [6, 6.07) is 6.65. The molecule has 0 spiro atoms. The summed E-state index contributed by atoms with van der Waals surface area (Å²) in [6.45, 7) is 1.61. The molecule has 0 aliphatic heterocycles. The summed E-state index contributed by atoms with van der Waals surface area (Å²) >= 11 is 0. The molecule has 11 heavy (non-hydrogen) atoms. The summed E-state index contributed by atoms with van der Waals surface area (Å²) < 4.78 is 12.0. The number of halogens is 1. The van der Waals surface area contributed by atoms with E-state index >= 15 is 0 Å². The Morgan fingerprint density at radius 3 is 2.64 bits per heavy atom. The first kappa shape index (κ1) is 7.79. The minimum atomic E-state index is 0.110. The third-order valence-corrected chi connectivity index (χ3v) is 1.49. The van der Waals surface area contributed by atoms with E-state index < -0.39 is 0 Å². The van der Waals surface area contributed by atoms with Crippen molar-refractivity contribution in [2.24, 2.45) is 0 Å². The van der Waals surface area contributed by atoms with Gasteiger partial charge in [0, 0.05) is 5.56 Å². The van der Waals surface area contributed by atoms with Crippen molar-refractivity contribution in [1.29, 1.82) is 0 Å². The molecule has 0 radical (unpaired) electrons. The molecule has 0 aliphatic rings. The van der Waals surface area contributed by atoms with Crippen LogP contribution in [0.4, 0.5) is 4.39 Å². The van der Waals surface area contributed by atoms with Gasteiger partial charge in [0.15, 0.2) is 0 Å². The molecule has 0 unspecified atom stereocenters. The average molecular weight is 152 g/mol. The molecule has 0 aliphatic carbocycles. The van der Waals surface area contributed by atoms with Crippen molar-refractivity contribution in [2.75, 3.05) is 0 Å². The van der Waals surface area contributed by atoms with E-state index in [1.165, 1.54) is 6.07 Å². The van der Waals surface area contributed by atoms with Crippen LogP contribution in [-0.2, 0) is 0 Å². The first-order chi connectivity index (χ1) is 5.25. The largest absolute Gasteiger partial charge is 0.507 e. The molecule has 1 nitrogen and oxygen atoms in total. The first-order valence-corrected chi connectivity index (χ1v) is 3.31. The minimum absolute atomic E-state index is 0.110. The molecule has 0 saturated heterocycles. The molecule has 0 atom stereocenters. The Morgan fingerprint density at radius 1 is 1.45 bits per heavy atom. The van der Waals surface area contributed by atoms with Gasteiger partial charge in [-0.3, -0.25) is 0 Å². The van der Waals surface area contributed by atoms with E-state index in [-0.39, 0.29) is 5.75 Å². The fourth-order valence-corrected chi connectivity index (χ4v) is 0.866. The van der Waals surface area contributed by atoms with Crippen LogP contribution in [0.1, 0.15) is 12.5 Å². The zero-order valence-electron chi connectivity index (χ0n) is 6.21. The zero-order chi connectivity index (χ0) is 8.27. The predicted octanol–water partition coefficient (Wildman–Crippen LogP) is 2.72. The quantitative estimate of drug-likeness (QED) is 0.656. The fraction of sp³-hybridized carbons (Fsp3) is 0.111. The maximum atomic E-state index is 12.0. The Kier molecular flexibility index (Phi) is 2.26. The lowest BCUT2D eigenvalue weighted by atomic mass is 10.1. The Balaban J connectivity index is 3.14. The highest BCUT2D eigenvalue weighted by atomic mass is 19.1. The van der Waals surface area contributed by atoms with Crippen molar-refractivity contribution < 1.29 is 9.50 Å². The van der Waals surface area contributed by atoms with Gasteiger partial charge in [0.2, 0.25) is 0 Å². The van der Waals surface area contributed by atoms with Crippen LogP contribution in [0.25, 0.3) is 5.57 Å². The monoisotopic (exact) mass is 152 g/mol. The van der Waals surface area contributed by atoms with Crippen LogP contribution in [0.5, 0.6) is 5.75 Å². The van der Waals surface area contributed by atoms with Crippen LogP contribution in [0.15, 0.2) is 30.6 Å².